The first kappa shape index (κ1) is 21.8. The average Bonchev–Trinajstić information content (AvgIpc) is 3.66. The van der Waals surface area contributed by atoms with Gasteiger partial charge in [0, 0.05) is 10.8 Å². The van der Waals surface area contributed by atoms with Crippen molar-refractivity contribution < 1.29 is 19.2 Å². The zero-order valence-electron chi connectivity index (χ0n) is 20.2. The highest BCUT2D eigenvalue weighted by atomic mass is 16.1. The highest BCUT2D eigenvalue weighted by Crippen LogP contribution is 2.88. The van der Waals surface area contributed by atoms with Gasteiger partial charge in [0.05, 0.1) is 0 Å². The summed E-state index contributed by atoms with van der Waals surface area (Å²) in [5, 5.41) is 0. The average molecular weight is 477 g/mol. The topological polar surface area (TPSA) is 68.3 Å². The Morgan fingerprint density at radius 3 is 1.81 bits per heavy atom. The SMILES string of the molecule is O=C1C=CC(CCC2(C3=CC(=O)C=C3)CC3(C4=CC(=O)C=C4)CC4(C5=CC(=O)C=C5)CCCC23C4)=C1. The van der Waals surface area contributed by atoms with E-state index in [4.69, 9.17) is 0 Å². The summed E-state index contributed by atoms with van der Waals surface area (Å²) in [6, 6.07) is 0. The van der Waals surface area contributed by atoms with Gasteiger partial charge in [-0.05, 0) is 127 Å². The molecule has 0 aromatic heterocycles. The van der Waals surface area contributed by atoms with E-state index >= 15 is 0 Å². The van der Waals surface area contributed by atoms with E-state index in [-0.39, 0.29) is 44.8 Å². The zero-order valence-corrected chi connectivity index (χ0v) is 20.2. The molecule has 4 unspecified atom stereocenters. The number of allylic oxidation sites excluding steroid dienone is 16. The highest BCUT2D eigenvalue weighted by Gasteiger charge is 2.80. The third-order valence-corrected chi connectivity index (χ3v) is 10.5. The van der Waals surface area contributed by atoms with E-state index in [1.807, 2.05) is 42.5 Å². The van der Waals surface area contributed by atoms with Gasteiger partial charge in [-0.2, -0.15) is 0 Å². The highest BCUT2D eigenvalue weighted by molar-refractivity contribution is 6.05. The lowest BCUT2D eigenvalue weighted by Crippen LogP contribution is -2.64. The molecule has 0 aromatic carbocycles. The summed E-state index contributed by atoms with van der Waals surface area (Å²) < 4.78 is 0. The molecule has 0 aliphatic heterocycles. The summed E-state index contributed by atoms with van der Waals surface area (Å²) in [5.74, 6) is 0.186. The number of hydrogen-bond acceptors (Lipinski definition) is 4. The van der Waals surface area contributed by atoms with Gasteiger partial charge in [0.1, 0.15) is 0 Å². The maximum atomic E-state index is 12.4. The van der Waals surface area contributed by atoms with Crippen molar-refractivity contribution in [2.24, 2.45) is 21.7 Å². The minimum atomic E-state index is -0.217. The van der Waals surface area contributed by atoms with Crippen LogP contribution < -0.4 is 0 Å². The molecular weight excluding hydrogens is 448 g/mol. The van der Waals surface area contributed by atoms with Crippen molar-refractivity contribution in [2.45, 2.75) is 51.4 Å². The Bertz CT molecular complexity index is 1420. The Labute approximate surface area is 210 Å². The Balaban J connectivity index is 1.39. The van der Waals surface area contributed by atoms with Crippen molar-refractivity contribution >= 4 is 23.1 Å². The number of carbonyl (C=O) groups excluding carboxylic acids is 4. The smallest absolute Gasteiger partial charge is 0.178 e. The van der Waals surface area contributed by atoms with Crippen LogP contribution in [0.15, 0.2) is 95.2 Å². The van der Waals surface area contributed by atoms with Crippen LogP contribution in [-0.2, 0) is 19.2 Å². The van der Waals surface area contributed by atoms with Crippen LogP contribution in [0.25, 0.3) is 0 Å². The number of carbonyl (C=O) groups is 4. The van der Waals surface area contributed by atoms with Gasteiger partial charge in [0.25, 0.3) is 0 Å². The molecule has 0 radical (unpaired) electrons. The van der Waals surface area contributed by atoms with Gasteiger partial charge in [0.2, 0.25) is 0 Å². The van der Waals surface area contributed by atoms with Gasteiger partial charge in [-0.3, -0.25) is 19.2 Å². The number of rotatable bonds is 6. The predicted molar refractivity (Wildman–Crippen MR) is 136 cm³/mol. The van der Waals surface area contributed by atoms with Crippen molar-refractivity contribution in [1.29, 1.82) is 0 Å². The van der Waals surface area contributed by atoms with Crippen molar-refractivity contribution in [3.8, 4) is 0 Å². The molecule has 1 spiro atoms. The summed E-state index contributed by atoms with van der Waals surface area (Å²) in [4.78, 5) is 49.0. The fourth-order valence-electron chi connectivity index (χ4n) is 9.32. The molecule has 36 heavy (non-hydrogen) atoms. The van der Waals surface area contributed by atoms with Crippen LogP contribution in [0.2, 0.25) is 0 Å². The molecule has 3 saturated carbocycles. The third-order valence-electron chi connectivity index (χ3n) is 10.5. The van der Waals surface area contributed by atoms with Crippen LogP contribution in [0.4, 0.5) is 0 Å². The molecule has 2 bridgehead atoms. The molecule has 180 valence electrons. The Kier molecular flexibility index (Phi) is 4.30. The molecule has 4 nitrogen and oxygen atoms in total. The minimum absolute atomic E-state index is 0.0377. The minimum Gasteiger partial charge on any atom is -0.290 e. The molecule has 3 fully saturated rings. The van der Waals surface area contributed by atoms with Crippen molar-refractivity contribution in [3.63, 3.8) is 0 Å². The van der Waals surface area contributed by atoms with Crippen LogP contribution in [0.1, 0.15) is 51.4 Å². The lowest BCUT2D eigenvalue weighted by atomic mass is 9.32. The van der Waals surface area contributed by atoms with E-state index in [9.17, 15) is 19.2 Å². The standard InChI is InChI=1S/C32H28O4/c33-25-6-2-21(14-25)10-13-30(23-4-8-27(35)16-23)20-31(24-5-9-28(36)17-24)18-29(22-3-7-26(34)15-22)11-1-12-32(30,31)19-29/h2-9,14-17H,1,10-13,18-20H2. The van der Waals surface area contributed by atoms with Gasteiger partial charge < -0.3 is 0 Å². The molecule has 7 aliphatic carbocycles. The van der Waals surface area contributed by atoms with Crippen LogP contribution in [0.3, 0.4) is 0 Å². The van der Waals surface area contributed by atoms with Crippen molar-refractivity contribution in [1.82, 2.24) is 0 Å². The summed E-state index contributed by atoms with van der Waals surface area (Å²) in [6.07, 6.45) is 29.4. The molecule has 4 heteroatoms. The van der Waals surface area contributed by atoms with Crippen LogP contribution >= 0.6 is 0 Å². The van der Waals surface area contributed by atoms with Crippen LogP contribution in [0, 0.1) is 21.7 Å². The number of hydrogen-bond donors (Lipinski definition) is 0. The van der Waals surface area contributed by atoms with Gasteiger partial charge in [-0.1, -0.05) is 30.7 Å². The summed E-state index contributed by atoms with van der Waals surface area (Å²) >= 11 is 0. The van der Waals surface area contributed by atoms with Crippen molar-refractivity contribution in [2.75, 3.05) is 0 Å². The molecule has 0 amide bonds. The summed E-state index contributed by atoms with van der Waals surface area (Å²) in [6.45, 7) is 0. The molecule has 0 heterocycles. The molecule has 0 N–H and O–H groups in total. The molecule has 0 aromatic rings. The van der Waals surface area contributed by atoms with Gasteiger partial charge in [0.15, 0.2) is 23.1 Å². The zero-order chi connectivity index (χ0) is 24.8. The monoisotopic (exact) mass is 476 g/mol. The lowest BCUT2D eigenvalue weighted by molar-refractivity contribution is -0.166. The summed E-state index contributed by atoms with van der Waals surface area (Å²) in [7, 11) is 0. The van der Waals surface area contributed by atoms with Crippen molar-refractivity contribution in [3.05, 3.63) is 95.2 Å². The normalized spacial score (nSPS) is 39.6. The number of ketones is 4. The maximum Gasteiger partial charge on any atom is 0.178 e. The first-order valence-corrected chi connectivity index (χ1v) is 13.1. The van der Waals surface area contributed by atoms with E-state index in [2.05, 4.69) is 0 Å². The largest absolute Gasteiger partial charge is 0.290 e. The Morgan fingerprint density at radius 1 is 0.583 bits per heavy atom. The Hall–Kier alpha value is -3.40. The van der Waals surface area contributed by atoms with E-state index in [1.54, 1.807) is 30.4 Å². The molecule has 7 rings (SSSR count). The van der Waals surface area contributed by atoms with Crippen LogP contribution in [-0.4, -0.2) is 23.1 Å². The Morgan fingerprint density at radius 2 is 1.19 bits per heavy atom. The molecular formula is C32H28O4. The fraction of sp³-hybridized carbons (Fsp3) is 0.375. The van der Waals surface area contributed by atoms with Gasteiger partial charge in [-0.25, -0.2) is 0 Å². The van der Waals surface area contributed by atoms with E-state index in [1.165, 1.54) is 0 Å². The third kappa shape index (κ3) is 2.65. The first-order chi connectivity index (χ1) is 17.3. The lowest BCUT2D eigenvalue weighted by Gasteiger charge is -2.71. The fourth-order valence-corrected chi connectivity index (χ4v) is 9.32. The number of fused-ring (bicyclic) bond motifs is 1. The van der Waals surface area contributed by atoms with Gasteiger partial charge >= 0.3 is 0 Å². The van der Waals surface area contributed by atoms with E-state index < -0.39 is 0 Å². The molecule has 4 atom stereocenters. The maximum absolute atomic E-state index is 12.4. The second kappa shape index (κ2) is 7.09. The summed E-state index contributed by atoms with van der Waals surface area (Å²) in [5.41, 5.74) is 3.83. The second-order valence-electron chi connectivity index (χ2n) is 11.9. The van der Waals surface area contributed by atoms with E-state index in [0.29, 0.717) is 0 Å². The van der Waals surface area contributed by atoms with E-state index in [0.717, 1.165) is 73.7 Å². The van der Waals surface area contributed by atoms with Gasteiger partial charge in [-0.15, -0.1) is 0 Å². The molecule has 7 aliphatic rings. The predicted octanol–water partition coefficient (Wildman–Crippen LogP) is 5.35. The molecule has 0 saturated heterocycles. The quantitative estimate of drug-likeness (QED) is 0.518. The second-order valence-corrected chi connectivity index (χ2v) is 11.9. The first-order valence-electron chi connectivity index (χ1n) is 13.1. The van der Waals surface area contributed by atoms with Crippen LogP contribution in [0.5, 0.6) is 0 Å².